The zero-order valence-electron chi connectivity index (χ0n) is 14.6. The van der Waals surface area contributed by atoms with Gasteiger partial charge in [0.1, 0.15) is 0 Å². The fourth-order valence-electron chi connectivity index (χ4n) is 2.08. The smallest absolute Gasteiger partial charge is 0.216 e. The highest BCUT2D eigenvalue weighted by molar-refractivity contribution is 14.0. The molecule has 0 fully saturated rings. The lowest BCUT2D eigenvalue weighted by Crippen LogP contribution is -2.32. The third kappa shape index (κ3) is 9.43. The fraction of sp³-hybridized carbons (Fsp3) is 0.562. The van der Waals surface area contributed by atoms with Crippen LogP contribution >= 0.6 is 24.0 Å². The highest BCUT2D eigenvalue weighted by Gasteiger charge is 2.15. The van der Waals surface area contributed by atoms with Gasteiger partial charge in [0.2, 0.25) is 10.0 Å². The fourth-order valence-corrected chi connectivity index (χ4v) is 3.57. The number of sulfonamides is 1. The van der Waals surface area contributed by atoms with Crippen molar-refractivity contribution in [3.05, 3.63) is 35.4 Å². The lowest BCUT2D eigenvalue weighted by atomic mass is 10.1. The van der Waals surface area contributed by atoms with E-state index in [9.17, 15) is 8.42 Å². The van der Waals surface area contributed by atoms with Crippen LogP contribution in [0.3, 0.4) is 0 Å². The number of rotatable bonds is 9. The van der Waals surface area contributed by atoms with Crippen LogP contribution in [0.25, 0.3) is 0 Å². The number of hydrogen-bond acceptors (Lipinski definition) is 3. The summed E-state index contributed by atoms with van der Waals surface area (Å²) in [4.78, 5) is 4.29. The Morgan fingerprint density at radius 3 is 2.46 bits per heavy atom. The molecule has 0 aliphatic carbocycles. The van der Waals surface area contributed by atoms with Gasteiger partial charge in [-0.25, -0.2) is 18.1 Å². The Morgan fingerprint density at radius 1 is 1.25 bits per heavy atom. The summed E-state index contributed by atoms with van der Waals surface area (Å²) in [5.74, 6) is 0.330. The number of nitrogens with one attached hydrogen (secondary N) is 2. The van der Waals surface area contributed by atoms with E-state index in [0.29, 0.717) is 12.5 Å². The second kappa shape index (κ2) is 11.6. The third-order valence-electron chi connectivity index (χ3n) is 3.14. The molecular formula is C16H29IN4O2S. The second-order valence-electron chi connectivity index (χ2n) is 5.78. The summed E-state index contributed by atoms with van der Waals surface area (Å²) in [7, 11) is -3.36. The van der Waals surface area contributed by atoms with Gasteiger partial charge in [-0.1, -0.05) is 37.6 Å². The minimum atomic E-state index is -3.36. The number of unbranched alkanes of at least 4 members (excludes halogenated alkanes) is 1. The van der Waals surface area contributed by atoms with Crippen LogP contribution in [-0.2, 0) is 22.3 Å². The number of guanidine groups is 1. The zero-order valence-corrected chi connectivity index (χ0v) is 17.7. The molecule has 1 rings (SSSR count). The van der Waals surface area contributed by atoms with Gasteiger partial charge in [0.25, 0.3) is 0 Å². The van der Waals surface area contributed by atoms with Crippen molar-refractivity contribution in [2.24, 2.45) is 10.7 Å². The van der Waals surface area contributed by atoms with E-state index in [-0.39, 0.29) is 35.8 Å². The maximum absolute atomic E-state index is 12.1. The molecule has 4 N–H and O–H groups in total. The van der Waals surface area contributed by atoms with Gasteiger partial charge in [-0.05, 0) is 31.4 Å². The van der Waals surface area contributed by atoms with Crippen molar-refractivity contribution in [3.63, 3.8) is 0 Å². The Labute approximate surface area is 162 Å². The Bertz CT molecular complexity index is 618. The maximum atomic E-state index is 12.1. The molecule has 1 aromatic rings. The van der Waals surface area contributed by atoms with Crippen LogP contribution in [0.15, 0.2) is 29.3 Å². The quantitative estimate of drug-likeness (QED) is 0.224. The van der Waals surface area contributed by atoms with E-state index in [1.54, 1.807) is 13.8 Å². The molecule has 8 heteroatoms. The van der Waals surface area contributed by atoms with Crippen LogP contribution in [0.2, 0.25) is 0 Å². The molecule has 0 amide bonds. The summed E-state index contributed by atoms with van der Waals surface area (Å²) in [6.07, 6.45) is 2.12. The number of nitrogens with two attached hydrogens (primary N) is 1. The van der Waals surface area contributed by atoms with Gasteiger partial charge in [0.15, 0.2) is 5.96 Å². The number of benzene rings is 1. The molecule has 0 aromatic heterocycles. The van der Waals surface area contributed by atoms with Crippen molar-refractivity contribution in [1.82, 2.24) is 10.0 Å². The van der Waals surface area contributed by atoms with E-state index in [1.165, 1.54) is 0 Å². The van der Waals surface area contributed by atoms with Gasteiger partial charge in [0.05, 0.1) is 12.3 Å². The molecular weight excluding hydrogens is 439 g/mol. The average Bonchev–Trinajstić information content (AvgIpc) is 2.45. The lowest BCUT2D eigenvalue weighted by Gasteiger charge is -2.12. The average molecular weight is 468 g/mol. The molecule has 0 heterocycles. The van der Waals surface area contributed by atoms with Crippen molar-refractivity contribution in [2.75, 3.05) is 6.54 Å². The number of halogens is 1. The molecule has 6 nitrogen and oxygen atoms in total. The molecule has 0 aliphatic heterocycles. The summed E-state index contributed by atoms with van der Waals surface area (Å²) in [5, 5.41) is 3.04. The molecule has 0 unspecified atom stereocenters. The van der Waals surface area contributed by atoms with Crippen molar-refractivity contribution in [3.8, 4) is 0 Å². The Morgan fingerprint density at radius 2 is 1.88 bits per heavy atom. The van der Waals surface area contributed by atoms with Crippen molar-refractivity contribution < 1.29 is 8.42 Å². The first-order valence-corrected chi connectivity index (χ1v) is 9.60. The van der Waals surface area contributed by atoms with Gasteiger partial charge < -0.3 is 11.1 Å². The Balaban J connectivity index is 0.00000529. The second-order valence-corrected chi connectivity index (χ2v) is 7.54. The van der Waals surface area contributed by atoms with E-state index in [1.807, 2.05) is 24.3 Å². The van der Waals surface area contributed by atoms with Gasteiger partial charge in [-0.2, -0.15) is 0 Å². The monoisotopic (exact) mass is 468 g/mol. The van der Waals surface area contributed by atoms with Gasteiger partial charge in [-0.3, -0.25) is 0 Å². The lowest BCUT2D eigenvalue weighted by molar-refractivity contribution is 0.569. The topological polar surface area (TPSA) is 96.6 Å². The predicted octanol–water partition coefficient (Wildman–Crippen LogP) is 2.34. The largest absolute Gasteiger partial charge is 0.370 e. The van der Waals surface area contributed by atoms with E-state index >= 15 is 0 Å². The summed E-state index contributed by atoms with van der Waals surface area (Å²) >= 11 is 0. The molecule has 0 atom stereocenters. The molecule has 0 bridgehead atoms. The van der Waals surface area contributed by atoms with Crippen LogP contribution in [0, 0.1) is 0 Å². The van der Waals surface area contributed by atoms with Crippen LogP contribution in [-0.4, -0.2) is 27.0 Å². The van der Waals surface area contributed by atoms with Gasteiger partial charge in [-0.15, -0.1) is 24.0 Å². The van der Waals surface area contributed by atoms with Crippen LogP contribution < -0.4 is 15.8 Å². The SMILES string of the molecule is CCCCNC(N)=NCc1ccccc1CS(=O)(=O)NC(C)C.I. The van der Waals surface area contributed by atoms with E-state index < -0.39 is 10.0 Å². The van der Waals surface area contributed by atoms with E-state index in [0.717, 1.165) is 30.5 Å². The van der Waals surface area contributed by atoms with Crippen LogP contribution in [0.5, 0.6) is 0 Å². The summed E-state index contributed by atoms with van der Waals surface area (Å²) in [6.45, 7) is 6.86. The minimum absolute atomic E-state index is 0. The molecule has 0 saturated carbocycles. The highest BCUT2D eigenvalue weighted by atomic mass is 127. The number of nitrogens with zero attached hydrogens (tertiary/aromatic N) is 1. The summed E-state index contributed by atoms with van der Waals surface area (Å²) < 4.78 is 26.8. The third-order valence-corrected chi connectivity index (χ3v) is 4.66. The zero-order chi connectivity index (χ0) is 17.3. The van der Waals surface area contributed by atoms with Gasteiger partial charge >= 0.3 is 0 Å². The van der Waals surface area contributed by atoms with Gasteiger partial charge in [0, 0.05) is 12.6 Å². The first-order valence-electron chi connectivity index (χ1n) is 7.94. The first kappa shape index (κ1) is 23.1. The van der Waals surface area contributed by atoms with E-state index in [2.05, 4.69) is 22.0 Å². The number of hydrogen-bond donors (Lipinski definition) is 3. The molecule has 0 spiro atoms. The molecule has 1 aromatic carbocycles. The standard InChI is InChI=1S/C16H28N4O2S.HI/c1-4-5-10-18-16(17)19-11-14-8-6-7-9-15(14)12-23(21,22)20-13(2)3;/h6-9,13,20H,4-5,10-12H2,1-3H3,(H3,17,18,19);1H. The highest BCUT2D eigenvalue weighted by Crippen LogP contribution is 2.13. The molecule has 0 aliphatic rings. The van der Waals surface area contributed by atoms with Crippen LogP contribution in [0.1, 0.15) is 44.7 Å². The Hall–Kier alpha value is -0.870. The summed E-state index contributed by atoms with van der Waals surface area (Å²) in [5.41, 5.74) is 7.42. The molecule has 0 saturated heterocycles. The molecule has 138 valence electrons. The first-order chi connectivity index (χ1) is 10.8. The summed E-state index contributed by atoms with van der Waals surface area (Å²) in [6, 6.07) is 7.27. The Kier molecular flexibility index (Phi) is 11.2. The van der Waals surface area contributed by atoms with E-state index in [4.69, 9.17) is 5.73 Å². The van der Waals surface area contributed by atoms with Crippen molar-refractivity contribution in [1.29, 1.82) is 0 Å². The number of aliphatic imine (C=N–C) groups is 1. The molecule has 0 radical (unpaired) electrons. The maximum Gasteiger partial charge on any atom is 0.216 e. The van der Waals surface area contributed by atoms with Crippen molar-refractivity contribution >= 4 is 40.0 Å². The normalized spacial score (nSPS) is 12.1. The predicted molar refractivity (Wildman–Crippen MR) is 111 cm³/mol. The minimum Gasteiger partial charge on any atom is -0.370 e. The van der Waals surface area contributed by atoms with Crippen LogP contribution in [0.4, 0.5) is 0 Å². The molecule has 24 heavy (non-hydrogen) atoms. The van der Waals surface area contributed by atoms with Crippen molar-refractivity contribution in [2.45, 2.75) is 52.0 Å².